The van der Waals surface area contributed by atoms with Gasteiger partial charge in [-0.05, 0) is 37.1 Å². The Morgan fingerprint density at radius 3 is 2.64 bits per heavy atom. The normalized spacial score (nSPS) is 12.9. The first-order chi connectivity index (χ1) is 17.0. The summed E-state index contributed by atoms with van der Waals surface area (Å²) < 4.78 is 60.1. The topological polar surface area (TPSA) is 120 Å². The van der Waals surface area contributed by atoms with Gasteiger partial charge in [-0.1, -0.05) is 13.8 Å². The van der Waals surface area contributed by atoms with Crippen molar-refractivity contribution < 1.29 is 26.7 Å². The number of nitrogens with one attached hydrogen (secondary N) is 1. The number of carbonyl (C=O) groups is 1. The zero-order valence-electron chi connectivity index (χ0n) is 19.9. The number of fused-ring (bicyclic) bond motifs is 1. The van der Waals surface area contributed by atoms with Crippen LogP contribution in [-0.4, -0.2) is 50.6 Å². The van der Waals surface area contributed by atoms with E-state index in [-0.39, 0.29) is 39.1 Å². The Morgan fingerprint density at radius 1 is 1.19 bits per heavy atom. The Morgan fingerprint density at radius 2 is 1.94 bits per heavy atom. The largest absolute Gasteiger partial charge is 0.434 e. The van der Waals surface area contributed by atoms with E-state index in [0.29, 0.717) is 5.65 Å². The van der Waals surface area contributed by atoms with E-state index in [1.165, 1.54) is 39.9 Å². The maximum atomic E-state index is 13.2. The van der Waals surface area contributed by atoms with Crippen molar-refractivity contribution in [3.8, 4) is 17.0 Å². The molecule has 0 bridgehead atoms. The van der Waals surface area contributed by atoms with Gasteiger partial charge in [0.1, 0.15) is 17.0 Å². The first-order valence-electron chi connectivity index (χ1n) is 11.0. The molecule has 3 aromatic heterocycles. The van der Waals surface area contributed by atoms with Gasteiger partial charge in [0, 0.05) is 31.2 Å². The van der Waals surface area contributed by atoms with Crippen molar-refractivity contribution in [3.63, 3.8) is 0 Å². The highest BCUT2D eigenvalue weighted by Crippen LogP contribution is 2.38. The van der Waals surface area contributed by atoms with Gasteiger partial charge in [-0.3, -0.25) is 9.48 Å². The third-order valence-corrected chi connectivity index (χ3v) is 8.21. The number of halogens is 2. The quantitative estimate of drug-likeness (QED) is 0.377. The number of ether oxygens (including phenoxy) is 1. The summed E-state index contributed by atoms with van der Waals surface area (Å²) in [6, 6.07) is 5.28. The molecule has 3 heterocycles. The summed E-state index contributed by atoms with van der Waals surface area (Å²) in [5.74, 6) is -1.03. The number of amides is 1. The molecule has 1 N–H and O–H groups in total. The predicted molar refractivity (Wildman–Crippen MR) is 128 cm³/mol. The van der Waals surface area contributed by atoms with Crippen LogP contribution < -0.4 is 10.1 Å². The van der Waals surface area contributed by atoms with Gasteiger partial charge in [-0.2, -0.15) is 19.0 Å². The third-order valence-electron chi connectivity index (χ3n) is 5.78. The molecule has 1 unspecified atom stereocenters. The van der Waals surface area contributed by atoms with Gasteiger partial charge in [-0.25, -0.2) is 17.9 Å². The Balaban J connectivity index is 1.80. The fourth-order valence-electron chi connectivity index (χ4n) is 3.60. The van der Waals surface area contributed by atoms with Crippen LogP contribution in [0.4, 0.5) is 14.5 Å². The van der Waals surface area contributed by atoms with E-state index in [4.69, 9.17) is 0 Å². The number of aromatic nitrogens is 5. The van der Waals surface area contributed by atoms with E-state index in [2.05, 4.69) is 25.2 Å². The van der Waals surface area contributed by atoms with Gasteiger partial charge in [0.2, 0.25) is 0 Å². The van der Waals surface area contributed by atoms with Crippen LogP contribution in [0.25, 0.3) is 16.9 Å². The van der Waals surface area contributed by atoms with Gasteiger partial charge in [0.05, 0.1) is 22.0 Å². The lowest BCUT2D eigenvalue weighted by atomic mass is 10.1. The molecule has 1 amide bonds. The first-order valence-corrected chi connectivity index (χ1v) is 12.5. The number of hydrogen-bond donors (Lipinski definition) is 1. The number of carbonyl (C=O) groups excluding carboxylic acids is 1. The fourth-order valence-corrected chi connectivity index (χ4v) is 5.28. The minimum Gasteiger partial charge on any atom is -0.434 e. The number of alkyl halides is 2. The molecule has 10 nitrogen and oxygen atoms in total. The molecular weight excluding hydrogens is 494 g/mol. The lowest BCUT2D eigenvalue weighted by Gasteiger charge is -2.18. The highest BCUT2D eigenvalue weighted by atomic mass is 32.2. The van der Waals surface area contributed by atoms with Crippen LogP contribution in [-0.2, 0) is 16.9 Å². The molecule has 0 fully saturated rings. The molecule has 1 atom stereocenters. The summed E-state index contributed by atoms with van der Waals surface area (Å²) in [6.07, 6.45) is 5.96. The van der Waals surface area contributed by atoms with Gasteiger partial charge in [-0.15, -0.1) is 0 Å². The molecule has 0 aliphatic heterocycles. The summed E-state index contributed by atoms with van der Waals surface area (Å²) in [5, 5.41) is 10.4. The van der Waals surface area contributed by atoms with E-state index in [0.717, 1.165) is 6.07 Å². The van der Waals surface area contributed by atoms with E-state index >= 15 is 0 Å². The smallest absolute Gasteiger partial charge is 0.387 e. The first kappa shape index (κ1) is 25.2. The number of nitrogens with zero attached hydrogens (tertiary/aromatic N) is 5. The molecule has 0 aliphatic rings. The zero-order chi connectivity index (χ0) is 26.2. The van der Waals surface area contributed by atoms with E-state index in [1.807, 2.05) is 0 Å². The van der Waals surface area contributed by atoms with E-state index in [1.54, 1.807) is 40.1 Å². The van der Waals surface area contributed by atoms with Crippen LogP contribution in [0.1, 0.15) is 31.1 Å². The molecular formula is C23H24F2N6O4S. The van der Waals surface area contributed by atoms with Crippen molar-refractivity contribution in [1.82, 2.24) is 24.4 Å². The fraction of sp³-hybridized carbons (Fsp3) is 0.304. The van der Waals surface area contributed by atoms with Gasteiger partial charge < -0.3 is 10.1 Å². The summed E-state index contributed by atoms with van der Waals surface area (Å²) in [4.78, 5) is 17.1. The van der Waals surface area contributed by atoms with Crippen molar-refractivity contribution in [2.45, 2.75) is 37.5 Å². The second kappa shape index (κ2) is 9.64. The lowest BCUT2D eigenvalue weighted by molar-refractivity contribution is -0.0494. The van der Waals surface area contributed by atoms with Crippen molar-refractivity contribution in [1.29, 1.82) is 0 Å². The molecule has 0 saturated carbocycles. The second-order valence-electron chi connectivity index (χ2n) is 8.50. The van der Waals surface area contributed by atoms with Crippen molar-refractivity contribution in [3.05, 3.63) is 54.6 Å². The van der Waals surface area contributed by atoms with Crippen LogP contribution >= 0.6 is 0 Å². The monoisotopic (exact) mass is 518 g/mol. The lowest BCUT2D eigenvalue weighted by Crippen LogP contribution is -2.23. The molecule has 1 aromatic carbocycles. The van der Waals surface area contributed by atoms with Crippen LogP contribution in [0.3, 0.4) is 0 Å². The minimum atomic E-state index is -3.79. The Kier molecular flexibility index (Phi) is 6.76. The molecule has 0 radical (unpaired) electrons. The van der Waals surface area contributed by atoms with Crippen LogP contribution in [0.2, 0.25) is 0 Å². The highest BCUT2D eigenvalue weighted by molar-refractivity contribution is 7.92. The number of rotatable bonds is 8. The van der Waals surface area contributed by atoms with Crippen molar-refractivity contribution >= 4 is 27.1 Å². The molecule has 36 heavy (non-hydrogen) atoms. The average Bonchev–Trinajstić information content (AvgIpc) is 3.41. The van der Waals surface area contributed by atoms with Crippen LogP contribution in [0.5, 0.6) is 5.75 Å². The second-order valence-corrected chi connectivity index (χ2v) is 10.8. The standard InChI is InChI=1S/C23H24F2N6O4S/c1-13(2)14(3)36(33,34)15-6-7-19(35-23(24)25)16(10-15)20-18(12-30(4)29-20)28-22(32)17-11-27-31-9-5-8-26-21(17)31/h5-14,23H,1-4H3,(H,28,32). The molecule has 0 aliphatic carbocycles. The summed E-state index contributed by atoms with van der Waals surface area (Å²) >= 11 is 0. The molecule has 13 heteroatoms. The average molecular weight is 519 g/mol. The predicted octanol–water partition coefficient (Wildman–Crippen LogP) is 3.80. The molecule has 0 saturated heterocycles. The highest BCUT2D eigenvalue weighted by Gasteiger charge is 2.29. The van der Waals surface area contributed by atoms with Gasteiger partial charge in [0.25, 0.3) is 5.91 Å². The van der Waals surface area contributed by atoms with Crippen LogP contribution in [0, 0.1) is 5.92 Å². The molecule has 0 spiro atoms. The molecule has 4 rings (SSSR count). The summed E-state index contributed by atoms with van der Waals surface area (Å²) in [5.41, 5.74) is 0.694. The zero-order valence-corrected chi connectivity index (χ0v) is 20.7. The van der Waals surface area contributed by atoms with Crippen molar-refractivity contribution in [2.75, 3.05) is 5.32 Å². The number of benzene rings is 1. The SMILES string of the molecule is CC(C)C(C)S(=O)(=O)c1ccc(OC(F)F)c(-c2nn(C)cc2NC(=O)c2cnn3cccnc23)c1. The molecule has 190 valence electrons. The Bertz CT molecular complexity index is 1530. The van der Waals surface area contributed by atoms with Gasteiger partial charge >= 0.3 is 6.61 Å². The number of sulfone groups is 1. The van der Waals surface area contributed by atoms with Gasteiger partial charge in [0.15, 0.2) is 15.5 Å². The third kappa shape index (κ3) is 4.78. The minimum absolute atomic E-state index is 0.0128. The summed E-state index contributed by atoms with van der Waals surface area (Å²) in [7, 11) is -2.21. The van der Waals surface area contributed by atoms with E-state index in [9.17, 15) is 22.0 Å². The Labute approximate surface area is 205 Å². The molecule has 4 aromatic rings. The number of anilines is 1. The van der Waals surface area contributed by atoms with Crippen molar-refractivity contribution in [2.24, 2.45) is 13.0 Å². The van der Waals surface area contributed by atoms with Crippen LogP contribution in [0.15, 0.2) is 53.9 Å². The maximum Gasteiger partial charge on any atom is 0.387 e. The summed E-state index contributed by atoms with van der Waals surface area (Å²) in [6.45, 7) is 1.98. The maximum absolute atomic E-state index is 13.2. The number of hydrogen-bond acceptors (Lipinski definition) is 7. The number of aryl methyl sites for hydroxylation is 1. The van der Waals surface area contributed by atoms with E-state index < -0.39 is 27.6 Å². The Hall–Kier alpha value is -3.87.